The molecule has 1 N–H and O–H groups in total. The van der Waals surface area contributed by atoms with Crippen LogP contribution in [0.2, 0.25) is 0 Å². The molecule has 1 fully saturated rings. The van der Waals surface area contributed by atoms with Crippen molar-refractivity contribution >= 4 is 16.8 Å². The maximum atomic E-state index is 13.4. The lowest BCUT2D eigenvalue weighted by atomic mass is 9.77. The molecule has 6 aromatic carbocycles. The first-order valence-corrected chi connectivity index (χ1v) is 18.9. The summed E-state index contributed by atoms with van der Waals surface area (Å²) in [5.74, 6) is 0.0234. The highest BCUT2D eigenvalue weighted by Crippen LogP contribution is 2.41. The Morgan fingerprint density at radius 2 is 1.41 bits per heavy atom. The van der Waals surface area contributed by atoms with Gasteiger partial charge in [-0.25, -0.2) is 18.7 Å². The lowest BCUT2D eigenvalue weighted by Crippen LogP contribution is -2.38. The number of hydrogen-bond acceptors (Lipinski definition) is 5. The molecule has 56 heavy (non-hydrogen) atoms. The van der Waals surface area contributed by atoms with E-state index in [1.807, 2.05) is 58.2 Å². The average Bonchev–Trinajstić information content (AvgIpc) is 3.91. The molecule has 1 atom stereocenters. The van der Waals surface area contributed by atoms with Crippen molar-refractivity contribution < 1.29 is 13.9 Å². The SMILES string of the molecule is O=C(NCc1ccc(F)cc1)c1cccc(-c2nn(C3CCCCO3)c3ccc(-c4ncn(C(c5ccccc5)(c5ccccc5)c5ccccc5)n4)cc23)c1. The molecule has 0 aliphatic carbocycles. The Morgan fingerprint density at radius 1 is 0.732 bits per heavy atom. The summed E-state index contributed by atoms with van der Waals surface area (Å²) in [4.78, 5) is 18.3. The molecular weight excluding hydrogens is 700 g/mol. The van der Waals surface area contributed by atoms with Gasteiger partial charge in [0, 0.05) is 35.2 Å². The molecule has 9 rings (SSSR count). The van der Waals surface area contributed by atoms with Crippen LogP contribution in [-0.4, -0.2) is 37.1 Å². The molecule has 8 nitrogen and oxygen atoms in total. The molecule has 0 spiro atoms. The number of aromatic nitrogens is 5. The van der Waals surface area contributed by atoms with Crippen LogP contribution in [0.5, 0.6) is 0 Å². The van der Waals surface area contributed by atoms with E-state index in [9.17, 15) is 9.18 Å². The Bertz CT molecular complexity index is 2500. The third-order valence-electron chi connectivity index (χ3n) is 10.6. The predicted molar refractivity (Wildman–Crippen MR) is 215 cm³/mol. The minimum atomic E-state index is -0.800. The fraction of sp³-hybridized carbons (Fsp3) is 0.149. The highest BCUT2D eigenvalue weighted by molar-refractivity contribution is 5.99. The van der Waals surface area contributed by atoms with E-state index >= 15 is 0 Å². The first-order valence-electron chi connectivity index (χ1n) is 18.9. The lowest BCUT2D eigenvalue weighted by molar-refractivity contribution is -0.0365. The van der Waals surface area contributed by atoms with Gasteiger partial charge in [0.2, 0.25) is 0 Å². The minimum Gasteiger partial charge on any atom is -0.356 e. The molecule has 8 aromatic rings. The van der Waals surface area contributed by atoms with Crippen LogP contribution in [0.4, 0.5) is 4.39 Å². The molecule has 1 aliphatic rings. The van der Waals surface area contributed by atoms with E-state index in [0.717, 1.165) is 69.2 Å². The molecule has 0 bridgehead atoms. The average molecular weight is 739 g/mol. The Hall–Kier alpha value is -6.71. The van der Waals surface area contributed by atoms with Gasteiger partial charge in [0.15, 0.2) is 12.1 Å². The summed E-state index contributed by atoms with van der Waals surface area (Å²) in [5.41, 5.74) is 6.96. The molecular formula is C47H39FN6O2. The number of rotatable bonds is 10. The number of halogens is 1. The number of nitrogens with one attached hydrogen (secondary N) is 1. The molecule has 0 radical (unpaired) electrons. The van der Waals surface area contributed by atoms with E-state index in [0.29, 0.717) is 18.0 Å². The number of benzene rings is 6. The van der Waals surface area contributed by atoms with Gasteiger partial charge >= 0.3 is 0 Å². The Balaban J connectivity index is 1.14. The summed E-state index contributed by atoms with van der Waals surface area (Å²) in [5, 5.41) is 14.3. The standard InChI is InChI=1S/C47H39FN6O2/c48-40-25-22-33(23-26-40)31-49-46(55)36-14-12-13-34(29-36)44-41-30-35(24-27-42(41)54(51-44)43-21-10-11-28-56-43)45-50-32-53(52-45)47(37-15-4-1-5-16-37,38-17-6-2-7-18-38)39-19-8-3-9-20-39/h1-9,12-20,22-27,29-30,32,43H,10-11,21,28,31H2,(H,49,55). The first-order chi connectivity index (χ1) is 27.6. The number of carbonyl (C=O) groups excluding carboxylic acids is 1. The molecule has 0 saturated carbocycles. The number of nitrogens with zero attached hydrogens (tertiary/aromatic N) is 5. The summed E-state index contributed by atoms with van der Waals surface area (Å²) in [7, 11) is 0. The molecule has 3 heterocycles. The fourth-order valence-electron chi connectivity index (χ4n) is 7.82. The van der Waals surface area contributed by atoms with E-state index in [1.165, 1.54) is 12.1 Å². The molecule has 1 aliphatic heterocycles. The van der Waals surface area contributed by atoms with Crippen molar-refractivity contribution in [1.29, 1.82) is 0 Å². The van der Waals surface area contributed by atoms with E-state index in [4.69, 9.17) is 19.9 Å². The van der Waals surface area contributed by atoms with E-state index in [-0.39, 0.29) is 24.5 Å². The highest BCUT2D eigenvalue weighted by Gasteiger charge is 2.39. The third kappa shape index (κ3) is 6.56. The summed E-state index contributed by atoms with van der Waals surface area (Å²) < 4.78 is 23.6. The van der Waals surface area contributed by atoms with Crippen molar-refractivity contribution in [2.24, 2.45) is 0 Å². The smallest absolute Gasteiger partial charge is 0.251 e. The van der Waals surface area contributed by atoms with Crippen LogP contribution in [-0.2, 0) is 16.8 Å². The van der Waals surface area contributed by atoms with Crippen LogP contribution in [0.15, 0.2) is 164 Å². The highest BCUT2D eigenvalue weighted by atomic mass is 19.1. The van der Waals surface area contributed by atoms with Gasteiger partial charge in [0.05, 0.1) is 5.52 Å². The summed E-state index contributed by atoms with van der Waals surface area (Å²) in [6, 6.07) is 51.0. The molecule has 1 amide bonds. The summed E-state index contributed by atoms with van der Waals surface area (Å²) in [6.07, 6.45) is 4.55. The molecule has 276 valence electrons. The third-order valence-corrected chi connectivity index (χ3v) is 10.6. The van der Waals surface area contributed by atoms with Gasteiger partial charge in [-0.15, -0.1) is 5.10 Å². The Morgan fingerprint density at radius 3 is 2.05 bits per heavy atom. The van der Waals surface area contributed by atoms with E-state index in [2.05, 4.69) is 90.2 Å². The fourth-order valence-corrected chi connectivity index (χ4v) is 7.82. The van der Waals surface area contributed by atoms with Crippen LogP contribution in [0, 0.1) is 5.82 Å². The first kappa shape index (κ1) is 35.0. The minimum absolute atomic E-state index is 0.200. The number of fused-ring (bicyclic) bond motifs is 1. The Kier molecular flexibility index (Phi) is 9.51. The van der Waals surface area contributed by atoms with Crippen LogP contribution in [0.1, 0.15) is 58.1 Å². The molecule has 2 aromatic heterocycles. The molecule has 9 heteroatoms. The Labute approximate surface area is 324 Å². The lowest BCUT2D eigenvalue weighted by Gasteiger charge is -2.35. The quantitative estimate of drug-likeness (QED) is 0.141. The summed E-state index contributed by atoms with van der Waals surface area (Å²) in [6.45, 7) is 0.958. The number of hydrogen-bond donors (Lipinski definition) is 1. The second kappa shape index (κ2) is 15.2. The topological polar surface area (TPSA) is 86.9 Å². The zero-order valence-electron chi connectivity index (χ0n) is 30.6. The van der Waals surface area contributed by atoms with Crippen LogP contribution in [0.25, 0.3) is 33.5 Å². The van der Waals surface area contributed by atoms with Crippen LogP contribution >= 0.6 is 0 Å². The normalized spacial score (nSPS) is 14.5. The summed E-state index contributed by atoms with van der Waals surface area (Å²) >= 11 is 0. The van der Waals surface area contributed by atoms with Crippen molar-refractivity contribution in [3.05, 3.63) is 198 Å². The van der Waals surface area contributed by atoms with Crippen molar-refractivity contribution in [1.82, 2.24) is 29.9 Å². The zero-order chi connectivity index (χ0) is 37.9. The van der Waals surface area contributed by atoms with Crippen LogP contribution < -0.4 is 5.32 Å². The predicted octanol–water partition coefficient (Wildman–Crippen LogP) is 9.57. The van der Waals surface area contributed by atoms with Crippen LogP contribution in [0.3, 0.4) is 0 Å². The van der Waals surface area contributed by atoms with Gasteiger partial charge in [-0.05, 0) is 84.0 Å². The van der Waals surface area contributed by atoms with E-state index < -0.39 is 5.54 Å². The second-order valence-corrected chi connectivity index (χ2v) is 14.1. The van der Waals surface area contributed by atoms with E-state index in [1.54, 1.807) is 18.2 Å². The largest absolute Gasteiger partial charge is 0.356 e. The van der Waals surface area contributed by atoms with Gasteiger partial charge in [0.25, 0.3) is 5.91 Å². The second-order valence-electron chi connectivity index (χ2n) is 14.1. The molecule has 1 saturated heterocycles. The van der Waals surface area contributed by atoms with Gasteiger partial charge in [-0.2, -0.15) is 5.10 Å². The molecule has 1 unspecified atom stereocenters. The number of amides is 1. The number of carbonyl (C=O) groups is 1. The van der Waals surface area contributed by atoms with Crippen molar-refractivity contribution in [3.8, 4) is 22.6 Å². The monoisotopic (exact) mass is 738 g/mol. The van der Waals surface area contributed by atoms with Gasteiger partial charge in [-0.1, -0.05) is 115 Å². The number of ether oxygens (including phenoxy) is 1. The zero-order valence-corrected chi connectivity index (χ0v) is 30.6. The van der Waals surface area contributed by atoms with Gasteiger partial charge < -0.3 is 10.1 Å². The van der Waals surface area contributed by atoms with Crippen molar-refractivity contribution in [2.45, 2.75) is 37.6 Å². The maximum Gasteiger partial charge on any atom is 0.251 e. The van der Waals surface area contributed by atoms with Gasteiger partial charge in [-0.3, -0.25) is 4.79 Å². The maximum absolute atomic E-state index is 13.4. The van der Waals surface area contributed by atoms with Crippen molar-refractivity contribution in [2.75, 3.05) is 6.61 Å². The van der Waals surface area contributed by atoms with Crippen molar-refractivity contribution in [3.63, 3.8) is 0 Å². The van der Waals surface area contributed by atoms with Gasteiger partial charge in [0.1, 0.15) is 23.4 Å².